The van der Waals surface area contributed by atoms with E-state index in [-0.39, 0.29) is 6.04 Å². The van der Waals surface area contributed by atoms with Crippen LogP contribution in [-0.4, -0.2) is 52.4 Å². The maximum atomic E-state index is 5.54. The van der Waals surface area contributed by atoms with Gasteiger partial charge in [-0.05, 0) is 48.4 Å². The summed E-state index contributed by atoms with van der Waals surface area (Å²) < 4.78 is 16.4. The molecular weight excluding hydrogens is 328 g/mol. The summed E-state index contributed by atoms with van der Waals surface area (Å²) in [4.78, 5) is 2.52. The largest absolute Gasteiger partial charge is 0.497 e. The van der Waals surface area contributed by atoms with Crippen LogP contribution in [0.3, 0.4) is 0 Å². The molecule has 0 radical (unpaired) electrons. The average molecular weight is 356 g/mol. The number of hydrogen-bond donors (Lipinski definition) is 1. The molecule has 1 aliphatic heterocycles. The third-order valence-corrected chi connectivity index (χ3v) is 4.87. The number of methoxy groups -OCH3 is 3. The Hall–Kier alpha value is -2.24. The predicted octanol–water partition coefficient (Wildman–Crippen LogP) is 3.10. The molecule has 3 rings (SSSR count). The highest BCUT2D eigenvalue weighted by molar-refractivity contribution is 5.46. The van der Waals surface area contributed by atoms with Gasteiger partial charge in [-0.25, -0.2) is 0 Å². The Kier molecular flexibility index (Phi) is 6.36. The van der Waals surface area contributed by atoms with Gasteiger partial charge in [-0.1, -0.05) is 18.2 Å². The summed E-state index contributed by atoms with van der Waals surface area (Å²) in [6.07, 6.45) is 1.13. The fourth-order valence-corrected chi connectivity index (χ4v) is 3.57. The van der Waals surface area contributed by atoms with E-state index in [4.69, 9.17) is 14.2 Å². The lowest BCUT2D eigenvalue weighted by atomic mass is 9.96. The Labute approximate surface area is 155 Å². The Morgan fingerprint density at radius 1 is 0.846 bits per heavy atom. The van der Waals surface area contributed by atoms with E-state index in [0.717, 1.165) is 49.8 Å². The standard InChI is InChI=1S/C21H28N2O3/c1-24-18-7-4-6-16(14-18)21(23-12-5-10-22-11-13-23)17-8-9-19(25-2)20(15-17)26-3/h4,6-9,14-15,21-22H,5,10-13H2,1-3H3. The van der Waals surface area contributed by atoms with Gasteiger partial charge in [0.15, 0.2) is 11.5 Å². The van der Waals surface area contributed by atoms with Gasteiger partial charge in [0.2, 0.25) is 0 Å². The summed E-state index contributed by atoms with van der Waals surface area (Å²) in [6, 6.07) is 14.7. The first kappa shape index (κ1) is 18.5. The summed E-state index contributed by atoms with van der Waals surface area (Å²) in [5, 5.41) is 3.49. The lowest BCUT2D eigenvalue weighted by Crippen LogP contribution is -2.33. The molecule has 0 bridgehead atoms. The lowest BCUT2D eigenvalue weighted by Gasteiger charge is -2.32. The number of rotatable bonds is 6. The van der Waals surface area contributed by atoms with Gasteiger partial charge in [0.1, 0.15) is 5.75 Å². The van der Waals surface area contributed by atoms with E-state index in [0.29, 0.717) is 0 Å². The minimum atomic E-state index is 0.143. The van der Waals surface area contributed by atoms with E-state index in [1.54, 1.807) is 21.3 Å². The van der Waals surface area contributed by atoms with Crippen molar-refractivity contribution in [1.29, 1.82) is 0 Å². The van der Waals surface area contributed by atoms with Crippen LogP contribution in [0.1, 0.15) is 23.6 Å². The molecule has 5 nitrogen and oxygen atoms in total. The molecule has 0 amide bonds. The van der Waals surface area contributed by atoms with Crippen molar-refractivity contribution < 1.29 is 14.2 Å². The first-order chi connectivity index (χ1) is 12.8. The van der Waals surface area contributed by atoms with Crippen LogP contribution in [0.4, 0.5) is 0 Å². The Morgan fingerprint density at radius 2 is 1.65 bits per heavy atom. The van der Waals surface area contributed by atoms with E-state index < -0.39 is 0 Å². The smallest absolute Gasteiger partial charge is 0.161 e. The van der Waals surface area contributed by atoms with Crippen LogP contribution in [0.15, 0.2) is 42.5 Å². The molecule has 1 heterocycles. The first-order valence-electron chi connectivity index (χ1n) is 9.07. The topological polar surface area (TPSA) is 43.0 Å². The molecule has 1 fully saturated rings. The number of ether oxygens (including phenoxy) is 3. The Bertz CT molecular complexity index is 712. The van der Waals surface area contributed by atoms with E-state index in [1.165, 1.54) is 11.1 Å². The van der Waals surface area contributed by atoms with Crippen molar-refractivity contribution in [1.82, 2.24) is 10.2 Å². The number of nitrogens with one attached hydrogen (secondary N) is 1. The van der Waals surface area contributed by atoms with E-state index in [9.17, 15) is 0 Å². The van der Waals surface area contributed by atoms with Gasteiger partial charge in [0, 0.05) is 19.6 Å². The minimum absolute atomic E-state index is 0.143. The van der Waals surface area contributed by atoms with Crippen molar-refractivity contribution in [3.63, 3.8) is 0 Å². The summed E-state index contributed by atoms with van der Waals surface area (Å²) in [6.45, 7) is 4.10. The van der Waals surface area contributed by atoms with Gasteiger partial charge in [0.05, 0.1) is 27.4 Å². The Balaban J connectivity index is 2.04. The number of hydrogen-bond acceptors (Lipinski definition) is 5. The molecule has 26 heavy (non-hydrogen) atoms. The van der Waals surface area contributed by atoms with Crippen LogP contribution in [0.2, 0.25) is 0 Å². The van der Waals surface area contributed by atoms with Crippen molar-refractivity contribution in [3.05, 3.63) is 53.6 Å². The number of benzene rings is 2. The van der Waals surface area contributed by atoms with Gasteiger partial charge in [-0.3, -0.25) is 4.90 Å². The molecule has 0 aromatic heterocycles. The molecular formula is C21H28N2O3. The monoisotopic (exact) mass is 356 g/mol. The summed E-state index contributed by atoms with van der Waals surface area (Å²) in [7, 11) is 5.05. The van der Waals surface area contributed by atoms with Gasteiger partial charge >= 0.3 is 0 Å². The van der Waals surface area contributed by atoms with Crippen molar-refractivity contribution >= 4 is 0 Å². The van der Waals surface area contributed by atoms with Crippen molar-refractivity contribution in [2.24, 2.45) is 0 Å². The molecule has 1 unspecified atom stereocenters. The van der Waals surface area contributed by atoms with Crippen LogP contribution < -0.4 is 19.5 Å². The second kappa shape index (κ2) is 8.92. The average Bonchev–Trinajstić information content (AvgIpc) is 2.97. The molecule has 2 aromatic carbocycles. The second-order valence-electron chi connectivity index (χ2n) is 6.43. The number of nitrogens with zero attached hydrogens (tertiary/aromatic N) is 1. The van der Waals surface area contributed by atoms with E-state index in [1.807, 2.05) is 12.1 Å². The van der Waals surface area contributed by atoms with Gasteiger partial charge in [-0.15, -0.1) is 0 Å². The van der Waals surface area contributed by atoms with Crippen LogP contribution in [0.25, 0.3) is 0 Å². The maximum Gasteiger partial charge on any atom is 0.161 e. The minimum Gasteiger partial charge on any atom is -0.497 e. The zero-order chi connectivity index (χ0) is 18.4. The van der Waals surface area contributed by atoms with Crippen LogP contribution in [0, 0.1) is 0 Å². The first-order valence-corrected chi connectivity index (χ1v) is 9.07. The van der Waals surface area contributed by atoms with E-state index in [2.05, 4.69) is 40.5 Å². The summed E-state index contributed by atoms with van der Waals surface area (Å²) in [5.74, 6) is 2.38. The van der Waals surface area contributed by atoms with Crippen molar-refractivity contribution in [2.75, 3.05) is 47.5 Å². The van der Waals surface area contributed by atoms with Crippen molar-refractivity contribution in [2.45, 2.75) is 12.5 Å². The lowest BCUT2D eigenvalue weighted by molar-refractivity contribution is 0.240. The fourth-order valence-electron chi connectivity index (χ4n) is 3.57. The van der Waals surface area contributed by atoms with Crippen LogP contribution in [-0.2, 0) is 0 Å². The molecule has 0 saturated carbocycles. The molecule has 2 aromatic rings. The highest BCUT2D eigenvalue weighted by Gasteiger charge is 2.24. The third-order valence-electron chi connectivity index (χ3n) is 4.87. The van der Waals surface area contributed by atoms with Gasteiger partial charge in [0.25, 0.3) is 0 Å². The molecule has 0 aliphatic carbocycles. The molecule has 1 aliphatic rings. The van der Waals surface area contributed by atoms with Crippen molar-refractivity contribution in [3.8, 4) is 17.2 Å². The fraction of sp³-hybridized carbons (Fsp3) is 0.429. The molecule has 1 saturated heterocycles. The van der Waals surface area contributed by atoms with Gasteiger partial charge < -0.3 is 19.5 Å². The Morgan fingerprint density at radius 3 is 2.42 bits per heavy atom. The molecule has 0 spiro atoms. The van der Waals surface area contributed by atoms with Crippen LogP contribution in [0.5, 0.6) is 17.2 Å². The molecule has 1 atom stereocenters. The summed E-state index contributed by atoms with van der Waals surface area (Å²) >= 11 is 0. The molecule has 1 N–H and O–H groups in total. The zero-order valence-corrected chi connectivity index (χ0v) is 15.8. The quantitative estimate of drug-likeness (QED) is 0.862. The summed E-state index contributed by atoms with van der Waals surface area (Å²) in [5.41, 5.74) is 2.41. The normalized spacial score (nSPS) is 16.6. The SMILES string of the molecule is COc1cccc(C(c2ccc(OC)c(OC)c2)N2CCCNCC2)c1. The van der Waals surface area contributed by atoms with Crippen LogP contribution >= 0.6 is 0 Å². The van der Waals surface area contributed by atoms with Gasteiger partial charge in [-0.2, -0.15) is 0 Å². The maximum absolute atomic E-state index is 5.54. The van der Waals surface area contributed by atoms with E-state index >= 15 is 0 Å². The molecule has 140 valence electrons. The highest BCUT2D eigenvalue weighted by Crippen LogP contribution is 2.36. The highest BCUT2D eigenvalue weighted by atomic mass is 16.5. The predicted molar refractivity (Wildman–Crippen MR) is 103 cm³/mol. The molecule has 5 heteroatoms. The second-order valence-corrected chi connectivity index (χ2v) is 6.43. The third kappa shape index (κ3) is 4.11. The zero-order valence-electron chi connectivity index (χ0n) is 15.8.